The zero-order chi connectivity index (χ0) is 14.3. The molecule has 1 unspecified atom stereocenters. The van der Waals surface area contributed by atoms with Crippen molar-refractivity contribution in [3.8, 4) is 5.75 Å². The van der Waals surface area contributed by atoms with Crippen LogP contribution in [-0.4, -0.2) is 30.3 Å². The number of rotatable bonds is 7. The van der Waals surface area contributed by atoms with Crippen LogP contribution in [0.3, 0.4) is 0 Å². The van der Waals surface area contributed by atoms with E-state index in [-0.39, 0.29) is 24.5 Å². The first kappa shape index (κ1) is 15.5. The zero-order valence-corrected chi connectivity index (χ0v) is 11.8. The van der Waals surface area contributed by atoms with Crippen LogP contribution < -0.4 is 10.1 Å². The third-order valence-corrected chi connectivity index (χ3v) is 2.99. The van der Waals surface area contributed by atoms with Gasteiger partial charge in [0, 0.05) is 12.6 Å². The van der Waals surface area contributed by atoms with Gasteiger partial charge in [0.2, 0.25) is 0 Å². The second-order valence-electron chi connectivity index (χ2n) is 4.77. The van der Waals surface area contributed by atoms with E-state index in [1.807, 2.05) is 32.9 Å². The Kier molecular flexibility index (Phi) is 6.36. The monoisotopic (exact) mass is 265 g/mol. The summed E-state index contributed by atoms with van der Waals surface area (Å²) in [4.78, 5) is 12.3. The second kappa shape index (κ2) is 7.79. The van der Waals surface area contributed by atoms with Crippen molar-refractivity contribution in [2.75, 3.05) is 13.2 Å². The molecule has 0 saturated carbocycles. The SMILES string of the molecule is CCOc1ccccc1C(=O)NC(CCO)C(C)C. The first-order chi connectivity index (χ1) is 9.10. The van der Waals surface area contributed by atoms with Gasteiger partial charge in [-0.15, -0.1) is 0 Å². The Morgan fingerprint density at radius 3 is 2.63 bits per heavy atom. The molecule has 1 atom stereocenters. The van der Waals surface area contributed by atoms with Gasteiger partial charge in [-0.2, -0.15) is 0 Å². The number of carbonyl (C=O) groups is 1. The van der Waals surface area contributed by atoms with Gasteiger partial charge in [-0.3, -0.25) is 4.79 Å². The second-order valence-corrected chi connectivity index (χ2v) is 4.77. The van der Waals surface area contributed by atoms with Crippen LogP contribution in [0.2, 0.25) is 0 Å². The molecule has 0 aliphatic heterocycles. The van der Waals surface area contributed by atoms with Gasteiger partial charge in [-0.05, 0) is 31.4 Å². The van der Waals surface area contributed by atoms with E-state index in [0.717, 1.165) is 0 Å². The fraction of sp³-hybridized carbons (Fsp3) is 0.533. The summed E-state index contributed by atoms with van der Waals surface area (Å²) in [6, 6.07) is 7.15. The molecule has 0 heterocycles. The van der Waals surface area contributed by atoms with Gasteiger partial charge in [-0.25, -0.2) is 0 Å². The highest BCUT2D eigenvalue weighted by molar-refractivity contribution is 5.97. The van der Waals surface area contributed by atoms with Crippen LogP contribution in [-0.2, 0) is 0 Å². The summed E-state index contributed by atoms with van der Waals surface area (Å²) >= 11 is 0. The number of para-hydroxylation sites is 1. The van der Waals surface area contributed by atoms with E-state index in [0.29, 0.717) is 24.3 Å². The fourth-order valence-electron chi connectivity index (χ4n) is 1.89. The normalized spacial score (nSPS) is 12.3. The number of aliphatic hydroxyl groups excluding tert-OH is 1. The maximum absolute atomic E-state index is 12.3. The minimum atomic E-state index is -0.156. The molecule has 4 heteroatoms. The summed E-state index contributed by atoms with van der Waals surface area (Å²) in [5.41, 5.74) is 0.535. The molecule has 0 radical (unpaired) electrons. The van der Waals surface area contributed by atoms with Crippen LogP contribution in [0.5, 0.6) is 5.75 Å². The summed E-state index contributed by atoms with van der Waals surface area (Å²) in [5.74, 6) is 0.709. The third-order valence-electron chi connectivity index (χ3n) is 2.99. The van der Waals surface area contributed by atoms with Crippen LogP contribution in [0.4, 0.5) is 0 Å². The molecule has 0 aliphatic carbocycles. The molecule has 19 heavy (non-hydrogen) atoms. The maximum atomic E-state index is 12.3. The zero-order valence-electron chi connectivity index (χ0n) is 11.8. The first-order valence-electron chi connectivity index (χ1n) is 6.73. The molecular weight excluding hydrogens is 242 g/mol. The number of nitrogens with one attached hydrogen (secondary N) is 1. The Morgan fingerprint density at radius 2 is 2.05 bits per heavy atom. The van der Waals surface area contributed by atoms with E-state index >= 15 is 0 Å². The Morgan fingerprint density at radius 1 is 1.37 bits per heavy atom. The quantitative estimate of drug-likeness (QED) is 0.794. The molecule has 0 fully saturated rings. The van der Waals surface area contributed by atoms with Gasteiger partial charge in [-0.1, -0.05) is 26.0 Å². The number of aliphatic hydroxyl groups is 1. The molecule has 1 rings (SSSR count). The Balaban J connectivity index is 2.81. The largest absolute Gasteiger partial charge is 0.493 e. The number of ether oxygens (including phenoxy) is 1. The standard InChI is InChI=1S/C15H23NO3/c1-4-19-14-8-6-5-7-12(14)15(18)16-13(9-10-17)11(2)3/h5-8,11,13,17H,4,9-10H2,1-3H3,(H,16,18). The minimum absolute atomic E-state index is 0.0350. The van der Waals surface area contributed by atoms with E-state index < -0.39 is 0 Å². The minimum Gasteiger partial charge on any atom is -0.493 e. The van der Waals surface area contributed by atoms with Crippen molar-refractivity contribution < 1.29 is 14.6 Å². The topological polar surface area (TPSA) is 58.6 Å². The average Bonchev–Trinajstić information content (AvgIpc) is 2.39. The predicted molar refractivity (Wildman–Crippen MR) is 75.4 cm³/mol. The van der Waals surface area contributed by atoms with Crippen molar-refractivity contribution in [2.24, 2.45) is 5.92 Å². The van der Waals surface area contributed by atoms with Crippen molar-refractivity contribution in [3.05, 3.63) is 29.8 Å². The van der Waals surface area contributed by atoms with Crippen LogP contribution >= 0.6 is 0 Å². The molecule has 4 nitrogen and oxygen atoms in total. The first-order valence-corrected chi connectivity index (χ1v) is 6.73. The van der Waals surface area contributed by atoms with Gasteiger partial charge < -0.3 is 15.2 Å². The van der Waals surface area contributed by atoms with E-state index in [1.165, 1.54) is 0 Å². The lowest BCUT2D eigenvalue weighted by atomic mass is 10.0. The van der Waals surface area contributed by atoms with Crippen molar-refractivity contribution >= 4 is 5.91 Å². The van der Waals surface area contributed by atoms with E-state index in [9.17, 15) is 4.79 Å². The van der Waals surface area contributed by atoms with Crippen molar-refractivity contribution in [2.45, 2.75) is 33.2 Å². The van der Waals surface area contributed by atoms with Crippen molar-refractivity contribution in [3.63, 3.8) is 0 Å². The predicted octanol–water partition coefficient (Wildman–Crippen LogP) is 2.22. The molecule has 0 aromatic heterocycles. The lowest BCUT2D eigenvalue weighted by Crippen LogP contribution is -2.39. The summed E-state index contributed by atoms with van der Waals surface area (Å²) in [6.45, 7) is 6.52. The van der Waals surface area contributed by atoms with Crippen molar-refractivity contribution in [1.29, 1.82) is 0 Å². The Bertz CT molecular complexity index is 404. The summed E-state index contributed by atoms with van der Waals surface area (Å²) in [6.07, 6.45) is 0.556. The van der Waals surface area contributed by atoms with Crippen LogP contribution in [0.15, 0.2) is 24.3 Å². The highest BCUT2D eigenvalue weighted by atomic mass is 16.5. The van der Waals surface area contributed by atoms with Gasteiger partial charge in [0.25, 0.3) is 5.91 Å². The fourth-order valence-corrected chi connectivity index (χ4v) is 1.89. The van der Waals surface area contributed by atoms with Crippen LogP contribution in [0, 0.1) is 5.92 Å². The molecule has 0 spiro atoms. The Labute approximate surface area is 114 Å². The third kappa shape index (κ3) is 4.56. The number of carbonyl (C=O) groups excluding carboxylic acids is 1. The highest BCUT2D eigenvalue weighted by Crippen LogP contribution is 2.18. The van der Waals surface area contributed by atoms with Gasteiger partial charge in [0.1, 0.15) is 5.75 Å². The lowest BCUT2D eigenvalue weighted by molar-refractivity contribution is 0.0913. The highest BCUT2D eigenvalue weighted by Gasteiger charge is 2.18. The lowest BCUT2D eigenvalue weighted by Gasteiger charge is -2.22. The van der Waals surface area contributed by atoms with Crippen LogP contribution in [0.1, 0.15) is 37.6 Å². The summed E-state index contributed by atoms with van der Waals surface area (Å²) in [5, 5.41) is 12.0. The summed E-state index contributed by atoms with van der Waals surface area (Å²) in [7, 11) is 0. The molecule has 1 aromatic carbocycles. The van der Waals surface area contributed by atoms with E-state index in [4.69, 9.17) is 9.84 Å². The molecule has 1 amide bonds. The van der Waals surface area contributed by atoms with Gasteiger partial charge in [0.15, 0.2) is 0 Å². The molecular formula is C15H23NO3. The smallest absolute Gasteiger partial charge is 0.255 e. The van der Waals surface area contributed by atoms with Crippen molar-refractivity contribution in [1.82, 2.24) is 5.32 Å². The number of benzene rings is 1. The average molecular weight is 265 g/mol. The molecule has 0 bridgehead atoms. The molecule has 1 aromatic rings. The van der Waals surface area contributed by atoms with Crippen LogP contribution in [0.25, 0.3) is 0 Å². The van der Waals surface area contributed by atoms with Gasteiger partial charge in [0.05, 0.1) is 12.2 Å². The molecule has 106 valence electrons. The number of hydrogen-bond donors (Lipinski definition) is 2. The van der Waals surface area contributed by atoms with Gasteiger partial charge >= 0.3 is 0 Å². The number of hydrogen-bond acceptors (Lipinski definition) is 3. The van der Waals surface area contributed by atoms with E-state index in [2.05, 4.69) is 5.32 Å². The van der Waals surface area contributed by atoms with E-state index in [1.54, 1.807) is 12.1 Å². The summed E-state index contributed by atoms with van der Waals surface area (Å²) < 4.78 is 5.45. The molecule has 0 aliphatic rings. The maximum Gasteiger partial charge on any atom is 0.255 e. The molecule has 2 N–H and O–H groups in total. The Hall–Kier alpha value is -1.55. The molecule has 0 saturated heterocycles. The number of amides is 1.